The average molecular weight is 355 g/mol. The van der Waals surface area contributed by atoms with E-state index in [1.54, 1.807) is 11.3 Å². The van der Waals surface area contributed by atoms with Gasteiger partial charge in [0.2, 0.25) is 0 Å². The van der Waals surface area contributed by atoms with Gasteiger partial charge in [0.25, 0.3) is 5.91 Å². The molecule has 0 aromatic carbocycles. The van der Waals surface area contributed by atoms with E-state index >= 15 is 0 Å². The molecule has 3 aromatic rings. The first kappa shape index (κ1) is 16.1. The normalized spacial score (nSPS) is 17.8. The molecule has 0 saturated carbocycles. The van der Waals surface area contributed by atoms with Gasteiger partial charge in [-0.1, -0.05) is 6.07 Å². The highest BCUT2D eigenvalue weighted by molar-refractivity contribution is 7.13. The number of pyridine rings is 1. The van der Waals surface area contributed by atoms with Crippen LogP contribution in [0.1, 0.15) is 29.0 Å². The number of hydrogen-bond acceptors (Lipinski definition) is 5. The highest BCUT2D eigenvalue weighted by Crippen LogP contribution is 2.24. The quantitative estimate of drug-likeness (QED) is 0.782. The van der Waals surface area contributed by atoms with Crippen molar-refractivity contribution in [3.63, 3.8) is 0 Å². The Morgan fingerprint density at radius 3 is 3.20 bits per heavy atom. The number of piperidine rings is 1. The summed E-state index contributed by atoms with van der Waals surface area (Å²) in [5, 5.41) is 6.20. The number of anilines is 1. The summed E-state index contributed by atoms with van der Waals surface area (Å²) in [5.74, 6) is 0.392. The number of nitrogens with one attached hydrogen (secondary N) is 1. The van der Waals surface area contributed by atoms with Gasteiger partial charge in [0.15, 0.2) is 5.13 Å². The van der Waals surface area contributed by atoms with E-state index in [-0.39, 0.29) is 5.91 Å². The predicted molar refractivity (Wildman–Crippen MR) is 99.3 cm³/mol. The first-order valence-electron chi connectivity index (χ1n) is 8.58. The smallest absolute Gasteiger partial charge is 0.270 e. The molecule has 25 heavy (non-hydrogen) atoms. The van der Waals surface area contributed by atoms with Gasteiger partial charge in [0.1, 0.15) is 11.3 Å². The van der Waals surface area contributed by atoms with Gasteiger partial charge in [-0.15, -0.1) is 11.3 Å². The summed E-state index contributed by atoms with van der Waals surface area (Å²) in [6.45, 7) is 4.55. The maximum absolute atomic E-state index is 12.7. The molecule has 4 heterocycles. The predicted octanol–water partition coefficient (Wildman–Crippen LogP) is 2.75. The van der Waals surface area contributed by atoms with Crippen LogP contribution < -0.4 is 10.2 Å². The van der Waals surface area contributed by atoms with E-state index in [1.165, 1.54) is 0 Å². The monoisotopic (exact) mass is 355 g/mol. The summed E-state index contributed by atoms with van der Waals surface area (Å²) in [7, 11) is 0. The lowest BCUT2D eigenvalue weighted by Crippen LogP contribution is -2.41. The third-order valence-corrected chi connectivity index (χ3v) is 5.51. The zero-order valence-electron chi connectivity index (χ0n) is 14.2. The zero-order chi connectivity index (χ0) is 17.2. The summed E-state index contributed by atoms with van der Waals surface area (Å²) in [4.78, 5) is 23.9. The highest BCUT2D eigenvalue weighted by atomic mass is 32.1. The second-order valence-corrected chi connectivity index (χ2v) is 7.33. The Labute approximate surface area is 150 Å². The summed E-state index contributed by atoms with van der Waals surface area (Å²) < 4.78 is 1.85. The molecule has 1 N–H and O–H groups in total. The summed E-state index contributed by atoms with van der Waals surface area (Å²) in [6.07, 6.45) is 6.00. The van der Waals surface area contributed by atoms with Crippen molar-refractivity contribution >= 4 is 28.0 Å². The fourth-order valence-electron chi connectivity index (χ4n) is 3.49. The largest absolute Gasteiger partial charge is 0.350 e. The lowest BCUT2D eigenvalue weighted by molar-refractivity contribution is 0.0939. The number of rotatable bonds is 4. The Bertz CT molecular complexity index is 873. The number of nitrogens with zero attached hydrogens (tertiary/aromatic N) is 4. The lowest BCUT2D eigenvalue weighted by atomic mass is 9.98. The van der Waals surface area contributed by atoms with Gasteiger partial charge in [0, 0.05) is 37.4 Å². The molecule has 0 spiro atoms. The lowest BCUT2D eigenvalue weighted by Gasteiger charge is -2.32. The van der Waals surface area contributed by atoms with Crippen molar-refractivity contribution in [3.05, 3.63) is 47.4 Å². The third-order valence-electron chi connectivity index (χ3n) is 4.68. The van der Waals surface area contributed by atoms with Gasteiger partial charge in [-0.05, 0) is 37.8 Å². The second kappa shape index (κ2) is 6.84. The number of aryl methyl sites for hydroxylation is 1. The Morgan fingerprint density at radius 2 is 2.36 bits per heavy atom. The van der Waals surface area contributed by atoms with Gasteiger partial charge in [-0.2, -0.15) is 0 Å². The van der Waals surface area contributed by atoms with Gasteiger partial charge < -0.3 is 10.2 Å². The molecule has 1 aliphatic rings. The molecular weight excluding hydrogens is 334 g/mol. The first-order chi connectivity index (χ1) is 12.2. The van der Waals surface area contributed by atoms with Crippen LogP contribution in [0.4, 0.5) is 5.13 Å². The van der Waals surface area contributed by atoms with E-state index in [0.717, 1.165) is 42.4 Å². The van der Waals surface area contributed by atoms with E-state index in [9.17, 15) is 4.79 Å². The van der Waals surface area contributed by atoms with Gasteiger partial charge in [-0.3, -0.25) is 9.20 Å². The molecule has 130 valence electrons. The topological polar surface area (TPSA) is 62.5 Å². The number of amides is 1. The van der Waals surface area contributed by atoms with Crippen LogP contribution >= 0.6 is 11.3 Å². The molecule has 3 aromatic heterocycles. The van der Waals surface area contributed by atoms with Crippen molar-refractivity contribution in [2.24, 2.45) is 5.92 Å². The fourth-order valence-corrected chi connectivity index (χ4v) is 4.17. The third kappa shape index (κ3) is 3.24. The van der Waals surface area contributed by atoms with Crippen LogP contribution in [-0.2, 0) is 0 Å². The van der Waals surface area contributed by atoms with Crippen LogP contribution in [0.3, 0.4) is 0 Å². The molecule has 6 nitrogen and oxygen atoms in total. The van der Waals surface area contributed by atoms with Crippen LogP contribution in [0, 0.1) is 12.8 Å². The molecule has 1 atom stereocenters. The standard InChI is InChI=1S/C18H21N5OS/c1-13-16(23-9-3-2-6-15(23)21-13)17(24)20-11-14-5-4-8-22(12-14)18-19-7-10-25-18/h2-3,6-7,9-10,14H,4-5,8,11-12H2,1H3,(H,20,24). The van der Waals surface area contributed by atoms with E-state index in [0.29, 0.717) is 18.2 Å². The molecule has 1 saturated heterocycles. The fraction of sp³-hybridized carbons (Fsp3) is 0.389. The van der Waals surface area contributed by atoms with Crippen molar-refractivity contribution < 1.29 is 4.79 Å². The van der Waals surface area contributed by atoms with Crippen LogP contribution in [0.15, 0.2) is 36.0 Å². The Hall–Kier alpha value is -2.41. The highest BCUT2D eigenvalue weighted by Gasteiger charge is 2.23. The number of aromatic nitrogens is 3. The van der Waals surface area contributed by atoms with Crippen LogP contribution in [0.2, 0.25) is 0 Å². The molecule has 4 rings (SSSR count). The Balaban J connectivity index is 1.42. The molecular formula is C18H21N5OS. The number of imidazole rings is 1. The summed E-state index contributed by atoms with van der Waals surface area (Å²) in [5.41, 5.74) is 2.19. The van der Waals surface area contributed by atoms with Gasteiger partial charge in [-0.25, -0.2) is 9.97 Å². The van der Waals surface area contributed by atoms with Crippen LogP contribution in [0.25, 0.3) is 5.65 Å². The number of thiazole rings is 1. The molecule has 1 amide bonds. The SMILES string of the molecule is Cc1nc2ccccn2c1C(=O)NCC1CCCN(c2nccs2)C1. The van der Waals surface area contributed by atoms with Crippen molar-refractivity contribution in [2.45, 2.75) is 19.8 Å². The maximum Gasteiger partial charge on any atom is 0.270 e. The zero-order valence-corrected chi connectivity index (χ0v) is 15.0. The minimum atomic E-state index is -0.0532. The van der Waals surface area contributed by atoms with Gasteiger partial charge in [0.05, 0.1) is 5.69 Å². The molecule has 1 aliphatic heterocycles. The average Bonchev–Trinajstić information content (AvgIpc) is 3.27. The van der Waals surface area contributed by atoms with Crippen LogP contribution in [0.5, 0.6) is 0 Å². The van der Waals surface area contributed by atoms with E-state index in [1.807, 2.05) is 47.3 Å². The number of carbonyl (C=O) groups is 1. The van der Waals surface area contributed by atoms with Crippen molar-refractivity contribution in [3.8, 4) is 0 Å². The second-order valence-electron chi connectivity index (χ2n) is 6.45. The van der Waals surface area contributed by atoms with Crippen molar-refractivity contribution in [1.82, 2.24) is 19.7 Å². The van der Waals surface area contributed by atoms with Crippen LogP contribution in [-0.4, -0.2) is 39.9 Å². The molecule has 0 aliphatic carbocycles. The van der Waals surface area contributed by atoms with Gasteiger partial charge >= 0.3 is 0 Å². The van der Waals surface area contributed by atoms with Crippen molar-refractivity contribution in [2.75, 3.05) is 24.5 Å². The summed E-state index contributed by atoms with van der Waals surface area (Å²) in [6, 6.07) is 5.76. The van der Waals surface area contributed by atoms with E-state index in [2.05, 4.69) is 20.2 Å². The number of carbonyl (C=O) groups excluding carboxylic acids is 1. The van der Waals surface area contributed by atoms with Crippen molar-refractivity contribution in [1.29, 1.82) is 0 Å². The number of fused-ring (bicyclic) bond motifs is 1. The first-order valence-corrected chi connectivity index (χ1v) is 9.46. The van der Waals surface area contributed by atoms with E-state index < -0.39 is 0 Å². The Kier molecular flexibility index (Phi) is 4.40. The van der Waals surface area contributed by atoms with E-state index in [4.69, 9.17) is 0 Å². The minimum absolute atomic E-state index is 0.0532. The molecule has 1 unspecified atom stereocenters. The molecule has 7 heteroatoms. The summed E-state index contributed by atoms with van der Waals surface area (Å²) >= 11 is 1.67. The molecule has 0 radical (unpaired) electrons. The molecule has 1 fully saturated rings. The molecule has 0 bridgehead atoms. The maximum atomic E-state index is 12.7. The Morgan fingerprint density at radius 1 is 1.44 bits per heavy atom. The number of hydrogen-bond donors (Lipinski definition) is 1. The minimum Gasteiger partial charge on any atom is -0.350 e.